The van der Waals surface area contributed by atoms with Crippen molar-refractivity contribution in [3.05, 3.63) is 71.4 Å². The van der Waals surface area contributed by atoms with E-state index < -0.39 is 11.6 Å². The molecule has 2 aromatic carbocycles. The second kappa shape index (κ2) is 7.69. The molecular weight excluding hydrogens is 372 g/mol. The van der Waals surface area contributed by atoms with Gasteiger partial charge in [-0.05, 0) is 44.5 Å². The van der Waals surface area contributed by atoms with Crippen molar-refractivity contribution in [3.63, 3.8) is 0 Å². The Labute approximate surface area is 169 Å². The van der Waals surface area contributed by atoms with Gasteiger partial charge in [0, 0.05) is 48.5 Å². The first-order valence-electron chi connectivity index (χ1n) is 9.80. The number of nitrogens with zero attached hydrogens (tertiary/aromatic N) is 3. The fourth-order valence-electron chi connectivity index (χ4n) is 3.84. The molecule has 1 saturated carbocycles. The molecule has 0 amide bonds. The van der Waals surface area contributed by atoms with Crippen molar-refractivity contribution in [2.75, 3.05) is 20.2 Å². The molecule has 1 aliphatic rings. The van der Waals surface area contributed by atoms with Gasteiger partial charge in [0.15, 0.2) is 5.82 Å². The number of hydrogen-bond acceptors (Lipinski definition) is 3. The van der Waals surface area contributed by atoms with Crippen LogP contribution in [-0.4, -0.2) is 40.0 Å². The Kier molecular flexibility index (Phi) is 5.23. The standard InChI is InChI=1S/C23H25F2N3O/c1-16-5-3-4-6-19(16)22-17(12-27(2)14-23(15-29)9-10-23)13-28(26-22)21-8-7-18(24)11-20(21)25/h3-8,11,13,29H,9-10,12,14-15H2,1-2H3. The highest BCUT2D eigenvalue weighted by Gasteiger charge is 2.42. The van der Waals surface area contributed by atoms with E-state index in [-0.39, 0.29) is 17.7 Å². The SMILES string of the molecule is Cc1ccccc1-c1nn(-c2ccc(F)cc2F)cc1CN(C)CC1(CO)CC1. The van der Waals surface area contributed by atoms with Crippen LogP contribution in [0.3, 0.4) is 0 Å². The van der Waals surface area contributed by atoms with Crippen molar-refractivity contribution < 1.29 is 13.9 Å². The van der Waals surface area contributed by atoms with Gasteiger partial charge in [0.1, 0.15) is 11.5 Å². The summed E-state index contributed by atoms with van der Waals surface area (Å²) in [4.78, 5) is 2.17. The first-order chi connectivity index (χ1) is 13.9. The van der Waals surface area contributed by atoms with Crippen LogP contribution < -0.4 is 0 Å². The summed E-state index contributed by atoms with van der Waals surface area (Å²) in [7, 11) is 2.02. The summed E-state index contributed by atoms with van der Waals surface area (Å²) >= 11 is 0. The lowest BCUT2D eigenvalue weighted by atomic mass is 10.0. The fraction of sp³-hybridized carbons (Fsp3) is 0.348. The molecule has 1 heterocycles. The maximum absolute atomic E-state index is 14.4. The van der Waals surface area contributed by atoms with E-state index in [1.54, 1.807) is 0 Å². The summed E-state index contributed by atoms with van der Waals surface area (Å²) in [6.07, 6.45) is 3.89. The number of rotatable bonds is 7. The van der Waals surface area contributed by atoms with Crippen LogP contribution in [0.25, 0.3) is 16.9 Å². The lowest BCUT2D eigenvalue weighted by Crippen LogP contribution is -2.28. The summed E-state index contributed by atoms with van der Waals surface area (Å²) in [6.45, 7) is 3.63. The van der Waals surface area contributed by atoms with E-state index in [2.05, 4.69) is 10.00 Å². The molecule has 0 unspecified atom stereocenters. The van der Waals surface area contributed by atoms with Gasteiger partial charge in [-0.15, -0.1) is 0 Å². The number of aromatic nitrogens is 2. The molecule has 1 fully saturated rings. The van der Waals surface area contributed by atoms with E-state index in [9.17, 15) is 13.9 Å². The normalized spacial score (nSPS) is 15.1. The van der Waals surface area contributed by atoms with Crippen LogP contribution >= 0.6 is 0 Å². The van der Waals surface area contributed by atoms with Gasteiger partial charge < -0.3 is 10.0 Å². The highest BCUT2D eigenvalue weighted by Crippen LogP contribution is 2.45. The van der Waals surface area contributed by atoms with Gasteiger partial charge in [-0.3, -0.25) is 0 Å². The van der Waals surface area contributed by atoms with Crippen molar-refractivity contribution >= 4 is 0 Å². The van der Waals surface area contributed by atoms with Crippen LogP contribution in [0.2, 0.25) is 0 Å². The summed E-state index contributed by atoms with van der Waals surface area (Å²) in [5.74, 6) is -1.27. The molecule has 152 valence electrons. The molecule has 1 aromatic heterocycles. The van der Waals surface area contributed by atoms with Crippen molar-refractivity contribution in [2.24, 2.45) is 5.41 Å². The molecule has 3 aromatic rings. The number of aliphatic hydroxyl groups excluding tert-OH is 1. The lowest BCUT2D eigenvalue weighted by Gasteiger charge is -2.22. The van der Waals surface area contributed by atoms with E-state index >= 15 is 0 Å². The maximum atomic E-state index is 14.4. The Morgan fingerprint density at radius 3 is 2.59 bits per heavy atom. The number of benzene rings is 2. The molecule has 1 N–H and O–H groups in total. The van der Waals surface area contributed by atoms with Crippen LogP contribution in [0.5, 0.6) is 0 Å². The van der Waals surface area contributed by atoms with Gasteiger partial charge in [0.2, 0.25) is 0 Å². The van der Waals surface area contributed by atoms with Crippen LogP contribution in [0.15, 0.2) is 48.7 Å². The van der Waals surface area contributed by atoms with Crippen LogP contribution in [0.1, 0.15) is 24.0 Å². The Balaban J connectivity index is 1.72. The number of hydrogen-bond donors (Lipinski definition) is 1. The molecule has 0 saturated heterocycles. The number of aryl methyl sites for hydroxylation is 1. The zero-order valence-electron chi connectivity index (χ0n) is 16.7. The summed E-state index contributed by atoms with van der Waals surface area (Å²) < 4.78 is 29.2. The summed E-state index contributed by atoms with van der Waals surface area (Å²) in [5, 5.41) is 14.3. The monoisotopic (exact) mass is 397 g/mol. The zero-order valence-corrected chi connectivity index (χ0v) is 16.7. The van der Waals surface area contributed by atoms with Crippen LogP contribution in [-0.2, 0) is 6.54 Å². The molecular formula is C23H25F2N3O. The molecule has 29 heavy (non-hydrogen) atoms. The Morgan fingerprint density at radius 2 is 1.93 bits per heavy atom. The van der Waals surface area contributed by atoms with Gasteiger partial charge in [0.25, 0.3) is 0 Å². The molecule has 0 aliphatic heterocycles. The molecule has 6 heteroatoms. The fourth-order valence-corrected chi connectivity index (χ4v) is 3.84. The van der Waals surface area contributed by atoms with Gasteiger partial charge in [-0.2, -0.15) is 5.10 Å². The topological polar surface area (TPSA) is 41.3 Å². The average molecular weight is 397 g/mol. The largest absolute Gasteiger partial charge is 0.396 e. The van der Waals surface area contributed by atoms with Crippen molar-refractivity contribution in [1.29, 1.82) is 0 Å². The van der Waals surface area contributed by atoms with Gasteiger partial charge in [-0.1, -0.05) is 24.3 Å². The molecule has 4 rings (SSSR count). The lowest BCUT2D eigenvalue weighted by molar-refractivity contribution is 0.161. The van der Waals surface area contributed by atoms with Crippen molar-refractivity contribution in [1.82, 2.24) is 14.7 Å². The third-order valence-electron chi connectivity index (χ3n) is 5.68. The minimum Gasteiger partial charge on any atom is -0.396 e. The number of aliphatic hydroxyl groups is 1. The molecule has 1 aliphatic carbocycles. The average Bonchev–Trinajstić information content (AvgIpc) is 3.34. The second-order valence-corrected chi connectivity index (χ2v) is 8.19. The zero-order chi connectivity index (χ0) is 20.6. The predicted octanol–water partition coefficient (Wildman–Crippen LogP) is 4.33. The van der Waals surface area contributed by atoms with E-state index in [4.69, 9.17) is 0 Å². The first-order valence-corrected chi connectivity index (χ1v) is 9.80. The van der Waals surface area contributed by atoms with Crippen LogP contribution in [0, 0.1) is 24.0 Å². The van der Waals surface area contributed by atoms with Crippen LogP contribution in [0.4, 0.5) is 8.78 Å². The van der Waals surface area contributed by atoms with E-state index in [0.29, 0.717) is 6.54 Å². The third kappa shape index (κ3) is 4.09. The Morgan fingerprint density at radius 1 is 1.17 bits per heavy atom. The smallest absolute Gasteiger partial charge is 0.151 e. The first kappa shape index (κ1) is 19.7. The molecule has 0 spiro atoms. The molecule has 0 atom stereocenters. The minimum absolute atomic E-state index is 0.0106. The van der Waals surface area contributed by atoms with E-state index in [1.165, 1.54) is 16.8 Å². The minimum atomic E-state index is -0.652. The Hall–Kier alpha value is -2.57. The summed E-state index contributed by atoms with van der Waals surface area (Å²) in [5.41, 5.74) is 4.03. The van der Waals surface area contributed by atoms with Crippen molar-refractivity contribution in [2.45, 2.75) is 26.3 Å². The van der Waals surface area contributed by atoms with Crippen molar-refractivity contribution in [3.8, 4) is 16.9 Å². The summed E-state index contributed by atoms with van der Waals surface area (Å²) in [6, 6.07) is 11.5. The predicted molar refractivity (Wildman–Crippen MR) is 109 cm³/mol. The number of halogens is 2. The molecule has 0 bridgehead atoms. The highest BCUT2D eigenvalue weighted by atomic mass is 19.1. The van der Waals surface area contributed by atoms with E-state index in [0.717, 1.165) is 47.8 Å². The molecule has 4 nitrogen and oxygen atoms in total. The van der Waals surface area contributed by atoms with E-state index in [1.807, 2.05) is 44.4 Å². The Bertz CT molecular complexity index is 1030. The van der Waals surface area contributed by atoms with Gasteiger partial charge >= 0.3 is 0 Å². The maximum Gasteiger partial charge on any atom is 0.151 e. The quantitative estimate of drug-likeness (QED) is 0.645. The molecule has 0 radical (unpaired) electrons. The van der Waals surface area contributed by atoms with Gasteiger partial charge in [0.05, 0.1) is 5.69 Å². The second-order valence-electron chi connectivity index (χ2n) is 8.19. The van der Waals surface area contributed by atoms with Gasteiger partial charge in [-0.25, -0.2) is 13.5 Å². The third-order valence-corrected chi connectivity index (χ3v) is 5.68. The highest BCUT2D eigenvalue weighted by molar-refractivity contribution is 5.66.